The van der Waals surface area contributed by atoms with Crippen molar-refractivity contribution < 1.29 is 22.9 Å². The molecule has 4 aromatic rings. The number of phenolic OH excluding ortho intramolecular Hbond substituents is 1. The Morgan fingerprint density at radius 2 is 1.26 bits per heavy atom. The van der Waals surface area contributed by atoms with Gasteiger partial charge in [-0.25, -0.2) is 0 Å². The van der Waals surface area contributed by atoms with Gasteiger partial charge >= 0.3 is 0 Å². The summed E-state index contributed by atoms with van der Waals surface area (Å²) in [5.41, 5.74) is 1.13. The lowest BCUT2D eigenvalue weighted by Gasteiger charge is -2.23. The summed E-state index contributed by atoms with van der Waals surface area (Å²) < 4.78 is 34.0. The molecule has 292 valence electrons. The second-order valence-electron chi connectivity index (χ2n) is 13.9. The highest BCUT2D eigenvalue weighted by Crippen LogP contribution is 2.40. The first-order chi connectivity index (χ1) is 26.0. The minimum absolute atomic E-state index is 0.114. The van der Waals surface area contributed by atoms with Crippen molar-refractivity contribution >= 4 is 72.7 Å². The van der Waals surface area contributed by atoms with Crippen LogP contribution in [-0.4, -0.2) is 37.6 Å². The predicted octanol–water partition coefficient (Wildman–Crippen LogP) is 13.5. The van der Waals surface area contributed by atoms with E-state index in [1.54, 1.807) is 48.5 Å². The number of hydrogen-bond acceptors (Lipinski definition) is 7. The Bertz CT molecular complexity index is 1950. The van der Waals surface area contributed by atoms with Gasteiger partial charge in [0.05, 0.1) is 37.6 Å². The van der Waals surface area contributed by atoms with E-state index in [-0.39, 0.29) is 33.3 Å². The smallest absolute Gasteiger partial charge is 0.294 e. The Kier molecular flexibility index (Phi) is 17.5. The topological polar surface area (TPSA) is 132 Å². The molecule has 0 saturated heterocycles. The Morgan fingerprint density at radius 3 is 1.81 bits per heavy atom. The molecule has 4 rings (SSSR count). The molecule has 12 heteroatoms. The van der Waals surface area contributed by atoms with Gasteiger partial charge in [-0.2, -0.15) is 8.42 Å². The van der Waals surface area contributed by atoms with E-state index in [0.29, 0.717) is 33.0 Å². The number of benzene rings is 4. The number of rotatable bonds is 23. The number of phenols is 1. The van der Waals surface area contributed by atoms with Gasteiger partial charge in [0.1, 0.15) is 11.4 Å². The van der Waals surface area contributed by atoms with Crippen molar-refractivity contribution in [1.82, 2.24) is 0 Å². The van der Waals surface area contributed by atoms with Crippen LogP contribution in [0.2, 0.25) is 10.0 Å². The van der Waals surface area contributed by atoms with Crippen LogP contribution in [0.5, 0.6) is 5.75 Å². The first-order valence-electron chi connectivity index (χ1n) is 19.3. The molecule has 0 radical (unpaired) electrons. The maximum atomic E-state index is 13.9. The van der Waals surface area contributed by atoms with Crippen LogP contribution in [0.15, 0.2) is 81.9 Å². The molecule has 0 unspecified atom stereocenters. The SMILES string of the molecule is CCCCCCCCCCCCCCCCCCN(C)c1ccc(S(=O)(=O)O)cc1NC(=O)c1cc(N=Nc2c(Cl)cccc2Cl)c2ccccc2c1O. The van der Waals surface area contributed by atoms with E-state index in [1.807, 2.05) is 11.9 Å². The van der Waals surface area contributed by atoms with Crippen molar-refractivity contribution in [3.8, 4) is 5.75 Å². The van der Waals surface area contributed by atoms with Crippen molar-refractivity contribution in [2.75, 3.05) is 23.8 Å². The highest BCUT2D eigenvalue weighted by Gasteiger charge is 2.21. The lowest BCUT2D eigenvalue weighted by molar-refractivity contribution is 0.102. The number of fused-ring (bicyclic) bond motifs is 1. The number of halogens is 2. The van der Waals surface area contributed by atoms with Gasteiger partial charge in [0, 0.05) is 24.4 Å². The quantitative estimate of drug-likeness (QED) is 0.0389. The molecule has 0 atom stereocenters. The standard InChI is InChI=1S/C42H54Cl2N4O5S/c1-3-4-5-6-7-8-9-10-11-12-13-14-15-16-17-20-28-48(2)39-27-26-31(54(51,52)53)29-38(39)45-42(50)34-30-37(32-22-18-19-23-33(32)41(34)49)46-47-40-35(43)24-21-25-36(40)44/h18-19,21-27,29-30,49H,3-17,20,28H2,1-2H3,(H,45,50)(H,51,52,53). The zero-order chi connectivity index (χ0) is 38.9. The fraction of sp³-hybridized carbons (Fsp3) is 0.452. The summed E-state index contributed by atoms with van der Waals surface area (Å²) in [4.78, 5) is 15.4. The number of amides is 1. The Labute approximate surface area is 330 Å². The van der Waals surface area contributed by atoms with E-state index in [1.165, 1.54) is 102 Å². The van der Waals surface area contributed by atoms with Gasteiger partial charge in [-0.05, 0) is 42.8 Å². The van der Waals surface area contributed by atoms with Gasteiger partial charge in [0.15, 0.2) is 0 Å². The minimum Gasteiger partial charge on any atom is -0.506 e. The van der Waals surface area contributed by atoms with E-state index in [0.717, 1.165) is 19.3 Å². The second kappa shape index (κ2) is 22.0. The number of unbranched alkanes of at least 4 members (excludes halogenated alkanes) is 15. The number of nitrogens with zero attached hydrogens (tertiary/aromatic N) is 3. The van der Waals surface area contributed by atoms with Crippen molar-refractivity contribution in [1.29, 1.82) is 0 Å². The van der Waals surface area contributed by atoms with Crippen molar-refractivity contribution in [2.24, 2.45) is 10.2 Å². The summed E-state index contributed by atoms with van der Waals surface area (Å²) in [5, 5.41) is 24.1. The summed E-state index contributed by atoms with van der Waals surface area (Å²) in [6, 6.07) is 17.3. The molecule has 0 aliphatic carbocycles. The molecule has 0 aromatic heterocycles. The highest BCUT2D eigenvalue weighted by molar-refractivity contribution is 7.85. The molecule has 0 heterocycles. The molecule has 1 amide bonds. The van der Waals surface area contributed by atoms with E-state index in [2.05, 4.69) is 22.5 Å². The van der Waals surface area contributed by atoms with Gasteiger partial charge in [-0.3, -0.25) is 9.35 Å². The third-order valence-corrected chi connectivity index (χ3v) is 11.2. The molecule has 0 spiro atoms. The summed E-state index contributed by atoms with van der Waals surface area (Å²) in [5.74, 6) is -0.998. The number of aromatic hydroxyl groups is 1. The number of anilines is 2. The van der Waals surface area contributed by atoms with E-state index in [4.69, 9.17) is 23.2 Å². The number of carbonyl (C=O) groups is 1. The van der Waals surface area contributed by atoms with Gasteiger partial charge in [0.25, 0.3) is 16.0 Å². The number of hydrogen-bond donors (Lipinski definition) is 3. The normalized spacial score (nSPS) is 11.8. The molecule has 3 N–H and O–H groups in total. The molecule has 0 aliphatic rings. The van der Waals surface area contributed by atoms with Crippen LogP contribution in [0, 0.1) is 0 Å². The average Bonchev–Trinajstić information content (AvgIpc) is 3.14. The number of azo groups is 1. The molecule has 54 heavy (non-hydrogen) atoms. The lowest BCUT2D eigenvalue weighted by Crippen LogP contribution is -2.22. The number of carbonyl (C=O) groups excluding carboxylic acids is 1. The van der Waals surface area contributed by atoms with Gasteiger partial charge in [0.2, 0.25) is 0 Å². The van der Waals surface area contributed by atoms with Gasteiger partial charge in [-0.15, -0.1) is 10.2 Å². The van der Waals surface area contributed by atoms with E-state index in [9.17, 15) is 22.9 Å². The lowest BCUT2D eigenvalue weighted by atomic mass is 10.0. The zero-order valence-corrected chi connectivity index (χ0v) is 33.8. The molecule has 0 aliphatic heterocycles. The van der Waals surface area contributed by atoms with Gasteiger partial charge < -0.3 is 15.3 Å². The first kappa shape index (κ1) is 43.0. The maximum absolute atomic E-state index is 13.9. The van der Waals surface area contributed by atoms with Crippen molar-refractivity contribution in [3.05, 3.63) is 82.3 Å². The maximum Gasteiger partial charge on any atom is 0.294 e. The van der Waals surface area contributed by atoms with Crippen LogP contribution in [0.4, 0.5) is 22.7 Å². The monoisotopic (exact) mass is 796 g/mol. The zero-order valence-electron chi connectivity index (χ0n) is 31.5. The van der Waals surface area contributed by atoms with E-state index >= 15 is 0 Å². The summed E-state index contributed by atoms with van der Waals surface area (Å²) >= 11 is 12.6. The second-order valence-corrected chi connectivity index (χ2v) is 16.2. The summed E-state index contributed by atoms with van der Waals surface area (Å²) in [6.45, 7) is 2.93. The molecule has 9 nitrogen and oxygen atoms in total. The molecule has 0 fully saturated rings. The Morgan fingerprint density at radius 1 is 0.722 bits per heavy atom. The van der Waals surface area contributed by atoms with Crippen LogP contribution in [0.1, 0.15) is 120 Å². The average molecular weight is 798 g/mol. The fourth-order valence-corrected chi connectivity index (χ4v) is 7.58. The molecule has 4 aromatic carbocycles. The van der Waals surface area contributed by atoms with Crippen LogP contribution in [0.25, 0.3) is 10.8 Å². The van der Waals surface area contributed by atoms with Crippen LogP contribution >= 0.6 is 23.2 Å². The highest BCUT2D eigenvalue weighted by atomic mass is 35.5. The van der Waals surface area contributed by atoms with Crippen molar-refractivity contribution in [3.63, 3.8) is 0 Å². The fourth-order valence-electron chi connectivity index (χ4n) is 6.60. The van der Waals surface area contributed by atoms with Crippen LogP contribution in [-0.2, 0) is 10.1 Å². The first-order valence-corrected chi connectivity index (χ1v) is 21.4. The third kappa shape index (κ3) is 13.0. The van der Waals surface area contributed by atoms with Crippen LogP contribution in [0.3, 0.4) is 0 Å². The van der Waals surface area contributed by atoms with E-state index < -0.39 is 16.0 Å². The minimum atomic E-state index is -4.57. The molecular weight excluding hydrogens is 743 g/mol. The Hall–Kier alpha value is -3.70. The third-order valence-electron chi connectivity index (χ3n) is 9.71. The Balaban J connectivity index is 1.37. The molecular formula is C42H54Cl2N4O5S. The number of nitrogens with one attached hydrogen (secondary N) is 1. The predicted molar refractivity (Wildman–Crippen MR) is 223 cm³/mol. The van der Waals surface area contributed by atoms with Gasteiger partial charge in [-0.1, -0.05) is 157 Å². The summed E-state index contributed by atoms with van der Waals surface area (Å²) in [7, 11) is -2.70. The molecule has 0 bridgehead atoms. The largest absolute Gasteiger partial charge is 0.506 e. The van der Waals surface area contributed by atoms with Crippen molar-refractivity contribution in [2.45, 2.75) is 115 Å². The summed E-state index contributed by atoms with van der Waals surface area (Å²) in [6.07, 6.45) is 20.4. The molecule has 0 saturated carbocycles. The van der Waals surface area contributed by atoms with Crippen LogP contribution < -0.4 is 10.2 Å².